The maximum atomic E-state index is 10.4. The first kappa shape index (κ1) is 18.0. The molecule has 0 saturated heterocycles. The van der Waals surface area contributed by atoms with Gasteiger partial charge in [0.15, 0.2) is 0 Å². The number of benzene rings is 2. The topological polar surface area (TPSA) is 35.5 Å². The maximum Gasteiger partial charge on any atom is 0.124 e. The van der Waals surface area contributed by atoms with E-state index in [2.05, 4.69) is 37.9 Å². The molecule has 0 atom stereocenters. The lowest BCUT2D eigenvalue weighted by Crippen LogP contribution is -2.09. The number of hydrogen-bond acceptors (Lipinski definition) is 3. The molecule has 2 aromatic rings. The molecule has 122 valence electrons. The number of halogens is 2. The Labute approximate surface area is 153 Å². The second-order valence-electron chi connectivity index (χ2n) is 4.96. The normalized spacial score (nSPS) is 10.3. The number of carbonyl (C=O) groups is 1. The van der Waals surface area contributed by atoms with Gasteiger partial charge in [0.1, 0.15) is 31.0 Å². The van der Waals surface area contributed by atoms with Gasteiger partial charge in [-0.25, -0.2) is 0 Å². The van der Waals surface area contributed by atoms with Crippen molar-refractivity contribution >= 4 is 38.1 Å². The Kier molecular flexibility index (Phi) is 7.62. The molecule has 2 aromatic carbocycles. The minimum Gasteiger partial charge on any atom is -0.490 e. The van der Waals surface area contributed by atoms with Gasteiger partial charge in [-0.15, -0.1) is 0 Å². The van der Waals surface area contributed by atoms with Gasteiger partial charge in [0.2, 0.25) is 0 Å². The van der Waals surface area contributed by atoms with E-state index in [0.717, 1.165) is 34.0 Å². The summed E-state index contributed by atoms with van der Waals surface area (Å²) < 4.78 is 11.4. The van der Waals surface area contributed by atoms with Gasteiger partial charge in [0, 0.05) is 17.1 Å². The summed E-state index contributed by atoms with van der Waals surface area (Å²) in [5.74, 6) is 1.62. The molecule has 5 heteroatoms. The van der Waals surface area contributed by atoms with Crippen molar-refractivity contribution in [2.24, 2.45) is 0 Å². The van der Waals surface area contributed by atoms with E-state index in [9.17, 15) is 4.79 Å². The van der Waals surface area contributed by atoms with E-state index in [1.165, 1.54) is 11.1 Å². The number of alkyl halides is 2. The Morgan fingerprint density at radius 2 is 1.35 bits per heavy atom. The van der Waals surface area contributed by atoms with Crippen molar-refractivity contribution < 1.29 is 14.3 Å². The summed E-state index contributed by atoms with van der Waals surface area (Å²) in [4.78, 5) is 10.4. The molecule has 0 aliphatic carbocycles. The quantitative estimate of drug-likeness (QED) is 0.322. The van der Waals surface area contributed by atoms with Crippen molar-refractivity contribution in [1.29, 1.82) is 0 Å². The second kappa shape index (κ2) is 9.73. The minimum atomic E-state index is 0.434. The van der Waals surface area contributed by atoms with E-state index in [-0.39, 0.29) is 0 Å². The summed E-state index contributed by atoms with van der Waals surface area (Å²) in [6.45, 7) is 0.943. The molecule has 0 unspecified atom stereocenters. The van der Waals surface area contributed by atoms with Crippen LogP contribution >= 0.6 is 31.9 Å². The molecule has 0 saturated carbocycles. The SMILES string of the molecule is O=CCc1ccc(OCCOc2cc(CBr)cc(CBr)c2)cc1. The maximum absolute atomic E-state index is 10.4. The van der Waals surface area contributed by atoms with Crippen LogP contribution in [0.15, 0.2) is 42.5 Å². The van der Waals surface area contributed by atoms with E-state index < -0.39 is 0 Å². The Morgan fingerprint density at radius 1 is 0.783 bits per heavy atom. The van der Waals surface area contributed by atoms with Gasteiger partial charge in [0.05, 0.1) is 0 Å². The largest absolute Gasteiger partial charge is 0.490 e. The van der Waals surface area contributed by atoms with E-state index in [4.69, 9.17) is 9.47 Å². The van der Waals surface area contributed by atoms with Crippen LogP contribution in [-0.2, 0) is 21.9 Å². The number of rotatable bonds is 9. The molecule has 0 amide bonds. The van der Waals surface area contributed by atoms with Crippen molar-refractivity contribution in [3.8, 4) is 11.5 Å². The predicted molar refractivity (Wildman–Crippen MR) is 98.9 cm³/mol. The van der Waals surface area contributed by atoms with Gasteiger partial charge in [0.25, 0.3) is 0 Å². The molecular weight excluding hydrogens is 424 g/mol. The van der Waals surface area contributed by atoms with Crippen LogP contribution in [0.1, 0.15) is 16.7 Å². The number of carbonyl (C=O) groups excluding carboxylic acids is 1. The zero-order valence-electron chi connectivity index (χ0n) is 12.6. The third kappa shape index (κ3) is 5.99. The highest BCUT2D eigenvalue weighted by molar-refractivity contribution is 9.08. The molecule has 23 heavy (non-hydrogen) atoms. The molecule has 0 fully saturated rings. The molecule has 0 bridgehead atoms. The summed E-state index contributed by atoms with van der Waals surface area (Å²) in [5.41, 5.74) is 3.35. The molecule has 0 heterocycles. The van der Waals surface area contributed by atoms with Gasteiger partial charge in [-0.2, -0.15) is 0 Å². The van der Waals surface area contributed by atoms with Crippen LogP contribution in [0.3, 0.4) is 0 Å². The minimum absolute atomic E-state index is 0.434. The Morgan fingerprint density at radius 3 is 1.87 bits per heavy atom. The van der Waals surface area contributed by atoms with Crippen LogP contribution < -0.4 is 9.47 Å². The van der Waals surface area contributed by atoms with E-state index in [1.807, 2.05) is 36.4 Å². The number of hydrogen-bond donors (Lipinski definition) is 0. The zero-order valence-corrected chi connectivity index (χ0v) is 15.8. The monoisotopic (exact) mass is 440 g/mol. The van der Waals surface area contributed by atoms with Crippen LogP contribution in [-0.4, -0.2) is 19.5 Å². The van der Waals surface area contributed by atoms with Gasteiger partial charge in [-0.1, -0.05) is 50.1 Å². The molecule has 0 N–H and O–H groups in total. The first-order valence-electron chi connectivity index (χ1n) is 7.28. The lowest BCUT2D eigenvalue weighted by atomic mass is 10.1. The molecule has 0 spiro atoms. The van der Waals surface area contributed by atoms with Crippen molar-refractivity contribution in [1.82, 2.24) is 0 Å². The molecule has 0 radical (unpaired) electrons. The molecule has 0 aromatic heterocycles. The predicted octanol–water partition coefficient (Wildman–Crippen LogP) is 4.68. The molecule has 2 rings (SSSR count). The van der Waals surface area contributed by atoms with Crippen LogP contribution in [0.2, 0.25) is 0 Å². The Balaban J connectivity index is 1.81. The highest BCUT2D eigenvalue weighted by atomic mass is 79.9. The number of aldehydes is 1. The first-order valence-corrected chi connectivity index (χ1v) is 9.52. The summed E-state index contributed by atoms with van der Waals surface area (Å²) in [5, 5.41) is 1.60. The van der Waals surface area contributed by atoms with Crippen molar-refractivity contribution in [2.75, 3.05) is 13.2 Å². The summed E-state index contributed by atoms with van der Waals surface area (Å²) in [7, 11) is 0. The van der Waals surface area contributed by atoms with E-state index in [0.29, 0.717) is 19.6 Å². The highest BCUT2D eigenvalue weighted by Crippen LogP contribution is 2.21. The fourth-order valence-corrected chi connectivity index (χ4v) is 2.75. The summed E-state index contributed by atoms with van der Waals surface area (Å²) in [6.07, 6.45) is 1.33. The van der Waals surface area contributed by atoms with Gasteiger partial charge < -0.3 is 14.3 Å². The smallest absolute Gasteiger partial charge is 0.124 e. The fourth-order valence-electron chi connectivity index (χ4n) is 2.10. The molecule has 3 nitrogen and oxygen atoms in total. The lowest BCUT2D eigenvalue weighted by Gasteiger charge is -2.11. The average molecular weight is 442 g/mol. The van der Waals surface area contributed by atoms with E-state index >= 15 is 0 Å². The van der Waals surface area contributed by atoms with Gasteiger partial charge in [-0.3, -0.25) is 0 Å². The number of ether oxygens (including phenoxy) is 2. The van der Waals surface area contributed by atoms with E-state index in [1.54, 1.807) is 0 Å². The Bertz CT molecular complexity index is 604. The summed E-state index contributed by atoms with van der Waals surface area (Å²) >= 11 is 6.93. The van der Waals surface area contributed by atoms with Crippen LogP contribution in [0.25, 0.3) is 0 Å². The third-order valence-electron chi connectivity index (χ3n) is 3.20. The van der Waals surface area contributed by atoms with Crippen molar-refractivity contribution in [2.45, 2.75) is 17.1 Å². The average Bonchev–Trinajstić information content (AvgIpc) is 2.60. The second-order valence-corrected chi connectivity index (χ2v) is 6.09. The molecule has 0 aliphatic heterocycles. The summed E-state index contributed by atoms with van der Waals surface area (Å²) in [6, 6.07) is 13.7. The lowest BCUT2D eigenvalue weighted by molar-refractivity contribution is -0.107. The van der Waals surface area contributed by atoms with Crippen LogP contribution in [0.4, 0.5) is 0 Å². The fraction of sp³-hybridized carbons (Fsp3) is 0.278. The van der Waals surface area contributed by atoms with Crippen LogP contribution in [0, 0.1) is 0 Å². The standard InChI is InChI=1S/C18H18Br2O3/c19-12-15-9-16(13-20)11-18(10-15)23-8-7-22-17-3-1-14(2-4-17)5-6-21/h1-4,6,9-11H,5,7-8,12-13H2. The first-order chi connectivity index (χ1) is 11.2. The van der Waals surface area contributed by atoms with Gasteiger partial charge >= 0.3 is 0 Å². The molecule has 0 aliphatic rings. The molecular formula is C18H18Br2O3. The van der Waals surface area contributed by atoms with Crippen LogP contribution in [0.5, 0.6) is 11.5 Å². The third-order valence-corrected chi connectivity index (χ3v) is 4.49. The van der Waals surface area contributed by atoms with Crippen molar-refractivity contribution in [3.05, 3.63) is 59.2 Å². The van der Waals surface area contributed by atoms with Gasteiger partial charge in [-0.05, 0) is 41.0 Å². The highest BCUT2D eigenvalue weighted by Gasteiger charge is 2.02. The Hall–Kier alpha value is -1.33. The zero-order chi connectivity index (χ0) is 16.5. The van der Waals surface area contributed by atoms with Crippen molar-refractivity contribution in [3.63, 3.8) is 0 Å².